The number of rotatable bonds is 5. The number of tetrazole rings is 1. The Hall–Kier alpha value is -1.80. The summed E-state index contributed by atoms with van der Waals surface area (Å²) in [5, 5.41) is 20.5. The standard InChI is InChI=1S/C12H17FN4O2Si/c1-20(2,3)19-7-6-17-12(14-15-16-17)9-4-5-11(18)10(13)8-9/h4-5,8,18H,6-7H2,1-3H3. The molecule has 2 rings (SSSR count). The first-order chi connectivity index (χ1) is 9.37. The van der Waals surface area contributed by atoms with Gasteiger partial charge in [0.2, 0.25) is 0 Å². The van der Waals surface area contributed by atoms with E-state index in [0.29, 0.717) is 24.5 Å². The molecule has 1 aromatic heterocycles. The number of aromatic nitrogens is 4. The zero-order valence-corrected chi connectivity index (χ0v) is 12.7. The van der Waals surface area contributed by atoms with Gasteiger partial charge < -0.3 is 9.53 Å². The van der Waals surface area contributed by atoms with Crippen molar-refractivity contribution in [2.24, 2.45) is 0 Å². The molecule has 0 aliphatic rings. The van der Waals surface area contributed by atoms with E-state index in [2.05, 4.69) is 35.2 Å². The lowest BCUT2D eigenvalue weighted by molar-refractivity contribution is 0.284. The molecule has 2 aromatic rings. The van der Waals surface area contributed by atoms with Gasteiger partial charge in [0.05, 0.1) is 13.2 Å². The Kier molecular flexibility index (Phi) is 4.14. The molecule has 0 aliphatic carbocycles. The van der Waals surface area contributed by atoms with E-state index < -0.39 is 19.9 Å². The van der Waals surface area contributed by atoms with E-state index in [1.165, 1.54) is 12.1 Å². The maximum absolute atomic E-state index is 13.4. The van der Waals surface area contributed by atoms with Gasteiger partial charge in [-0.3, -0.25) is 0 Å². The van der Waals surface area contributed by atoms with Crippen molar-refractivity contribution in [2.75, 3.05) is 6.61 Å². The van der Waals surface area contributed by atoms with E-state index in [1.807, 2.05) is 0 Å². The highest BCUT2D eigenvalue weighted by Crippen LogP contribution is 2.22. The Labute approximate surface area is 117 Å². The van der Waals surface area contributed by atoms with Gasteiger partial charge in [-0.15, -0.1) is 5.10 Å². The predicted molar refractivity (Wildman–Crippen MR) is 74.2 cm³/mol. The third kappa shape index (κ3) is 3.61. The summed E-state index contributed by atoms with van der Waals surface area (Å²) >= 11 is 0. The number of phenolic OH excluding ortho intramolecular Hbond substituents is 1. The largest absolute Gasteiger partial charge is 0.505 e. The van der Waals surface area contributed by atoms with Crippen LogP contribution >= 0.6 is 0 Å². The molecule has 1 aromatic carbocycles. The lowest BCUT2D eigenvalue weighted by Crippen LogP contribution is -2.27. The van der Waals surface area contributed by atoms with Crippen LogP contribution in [-0.2, 0) is 11.0 Å². The summed E-state index contributed by atoms with van der Waals surface area (Å²) in [6, 6.07) is 4.05. The first-order valence-corrected chi connectivity index (χ1v) is 9.67. The van der Waals surface area contributed by atoms with Crippen LogP contribution in [-0.4, -0.2) is 40.2 Å². The summed E-state index contributed by atoms with van der Waals surface area (Å²) in [6.07, 6.45) is 0. The molecule has 0 saturated carbocycles. The van der Waals surface area contributed by atoms with Crippen LogP contribution in [0.2, 0.25) is 19.6 Å². The van der Waals surface area contributed by atoms with Gasteiger partial charge in [-0.25, -0.2) is 9.07 Å². The zero-order valence-electron chi connectivity index (χ0n) is 11.7. The summed E-state index contributed by atoms with van der Waals surface area (Å²) in [7, 11) is -1.58. The van der Waals surface area contributed by atoms with Crippen LogP contribution < -0.4 is 0 Å². The monoisotopic (exact) mass is 296 g/mol. The Morgan fingerprint density at radius 3 is 2.75 bits per heavy atom. The summed E-state index contributed by atoms with van der Waals surface area (Å²) in [4.78, 5) is 0. The average Bonchev–Trinajstić information content (AvgIpc) is 2.79. The minimum absolute atomic E-state index is 0.394. The van der Waals surface area contributed by atoms with E-state index in [4.69, 9.17) is 4.43 Å². The fourth-order valence-electron chi connectivity index (χ4n) is 1.65. The van der Waals surface area contributed by atoms with E-state index in [9.17, 15) is 9.50 Å². The maximum atomic E-state index is 13.4. The lowest BCUT2D eigenvalue weighted by Gasteiger charge is -2.17. The van der Waals surface area contributed by atoms with Gasteiger partial charge in [-0.2, -0.15) is 0 Å². The number of benzene rings is 1. The van der Waals surface area contributed by atoms with E-state index >= 15 is 0 Å². The Bertz CT molecular complexity index is 597. The van der Waals surface area contributed by atoms with Crippen LogP contribution in [0.1, 0.15) is 0 Å². The zero-order chi connectivity index (χ0) is 14.8. The van der Waals surface area contributed by atoms with Gasteiger partial charge in [0.1, 0.15) is 0 Å². The van der Waals surface area contributed by atoms with Crippen molar-refractivity contribution >= 4 is 8.32 Å². The molecule has 0 spiro atoms. The number of aromatic hydroxyl groups is 1. The smallest absolute Gasteiger partial charge is 0.183 e. The molecule has 0 atom stereocenters. The van der Waals surface area contributed by atoms with Gasteiger partial charge >= 0.3 is 0 Å². The van der Waals surface area contributed by atoms with E-state index in [-0.39, 0.29) is 0 Å². The predicted octanol–water partition coefficient (Wildman–Crippen LogP) is 2.04. The molecular weight excluding hydrogens is 279 g/mol. The molecular formula is C12H17FN4O2Si. The lowest BCUT2D eigenvalue weighted by atomic mass is 10.2. The third-order valence-corrected chi connectivity index (χ3v) is 3.65. The van der Waals surface area contributed by atoms with Gasteiger partial charge in [0, 0.05) is 5.56 Å². The Morgan fingerprint density at radius 1 is 1.35 bits per heavy atom. The molecule has 8 heteroatoms. The quantitative estimate of drug-likeness (QED) is 0.855. The van der Waals surface area contributed by atoms with Crippen LogP contribution in [0, 0.1) is 5.82 Å². The molecule has 0 saturated heterocycles. The minimum Gasteiger partial charge on any atom is -0.505 e. The first kappa shape index (κ1) is 14.6. The SMILES string of the molecule is C[Si](C)(C)OCCn1nnnc1-c1ccc(O)c(F)c1. The molecule has 0 aliphatic heterocycles. The first-order valence-electron chi connectivity index (χ1n) is 6.26. The highest BCUT2D eigenvalue weighted by atomic mass is 28.4. The van der Waals surface area contributed by atoms with Crippen molar-refractivity contribution in [1.82, 2.24) is 20.2 Å². The van der Waals surface area contributed by atoms with Crippen molar-refractivity contribution in [3.05, 3.63) is 24.0 Å². The molecule has 0 radical (unpaired) electrons. The molecule has 0 fully saturated rings. The second-order valence-electron chi connectivity index (χ2n) is 5.35. The second-order valence-corrected chi connectivity index (χ2v) is 9.87. The molecule has 1 heterocycles. The van der Waals surface area contributed by atoms with Gasteiger partial charge in [0.25, 0.3) is 0 Å². The number of nitrogens with zero attached hydrogens (tertiary/aromatic N) is 4. The third-order valence-electron chi connectivity index (χ3n) is 2.58. The average molecular weight is 296 g/mol. The van der Waals surface area contributed by atoms with Crippen molar-refractivity contribution in [3.63, 3.8) is 0 Å². The van der Waals surface area contributed by atoms with Crippen LogP contribution in [0.3, 0.4) is 0 Å². The molecule has 0 amide bonds. The molecule has 20 heavy (non-hydrogen) atoms. The molecule has 0 bridgehead atoms. The van der Waals surface area contributed by atoms with Crippen molar-refractivity contribution in [2.45, 2.75) is 26.2 Å². The topological polar surface area (TPSA) is 73.1 Å². The second kappa shape index (κ2) is 5.67. The number of phenols is 1. The summed E-state index contributed by atoms with van der Waals surface area (Å²) in [6.45, 7) is 7.30. The molecule has 6 nitrogen and oxygen atoms in total. The Morgan fingerprint density at radius 2 is 2.10 bits per heavy atom. The molecule has 0 unspecified atom stereocenters. The molecule has 108 valence electrons. The highest BCUT2D eigenvalue weighted by Gasteiger charge is 2.15. The van der Waals surface area contributed by atoms with E-state index in [1.54, 1.807) is 10.7 Å². The fourth-order valence-corrected chi connectivity index (χ4v) is 2.35. The van der Waals surface area contributed by atoms with Crippen LogP contribution in [0.5, 0.6) is 5.75 Å². The van der Waals surface area contributed by atoms with Crippen molar-refractivity contribution in [3.8, 4) is 17.1 Å². The van der Waals surface area contributed by atoms with Crippen LogP contribution in [0.25, 0.3) is 11.4 Å². The Balaban J connectivity index is 2.14. The maximum Gasteiger partial charge on any atom is 0.183 e. The minimum atomic E-state index is -1.58. The van der Waals surface area contributed by atoms with Crippen molar-refractivity contribution < 1.29 is 13.9 Å². The van der Waals surface area contributed by atoms with Gasteiger partial charge in [-0.05, 0) is 48.3 Å². The normalized spacial score (nSPS) is 11.8. The highest BCUT2D eigenvalue weighted by molar-refractivity contribution is 6.69. The number of halogens is 1. The summed E-state index contributed by atoms with van der Waals surface area (Å²) in [5.74, 6) is -0.645. The number of hydrogen-bond donors (Lipinski definition) is 1. The number of hydrogen-bond acceptors (Lipinski definition) is 5. The summed E-state index contributed by atoms with van der Waals surface area (Å²) in [5.41, 5.74) is 0.512. The summed E-state index contributed by atoms with van der Waals surface area (Å²) < 4.78 is 20.7. The fraction of sp³-hybridized carbons (Fsp3) is 0.417. The molecule has 1 N–H and O–H groups in total. The van der Waals surface area contributed by atoms with Gasteiger partial charge in [0.15, 0.2) is 25.7 Å². The van der Waals surface area contributed by atoms with E-state index in [0.717, 1.165) is 0 Å². The van der Waals surface area contributed by atoms with Crippen molar-refractivity contribution in [1.29, 1.82) is 0 Å². The van der Waals surface area contributed by atoms with Gasteiger partial charge in [-0.1, -0.05) is 0 Å². The van der Waals surface area contributed by atoms with Crippen LogP contribution in [0.15, 0.2) is 18.2 Å². The van der Waals surface area contributed by atoms with Crippen LogP contribution in [0.4, 0.5) is 4.39 Å².